The zero-order chi connectivity index (χ0) is 24.6. The number of aromatic nitrogens is 5. The van der Waals surface area contributed by atoms with Crippen LogP contribution in [0.5, 0.6) is 5.75 Å². The predicted octanol–water partition coefficient (Wildman–Crippen LogP) is 3.80. The van der Waals surface area contributed by atoms with Gasteiger partial charge in [0.05, 0.1) is 18.3 Å². The molecule has 35 heavy (non-hydrogen) atoms. The first-order valence-electron chi connectivity index (χ1n) is 12.0. The lowest BCUT2D eigenvalue weighted by Gasteiger charge is -2.35. The highest BCUT2D eigenvalue weighted by Crippen LogP contribution is 2.33. The van der Waals surface area contributed by atoms with Gasteiger partial charge in [0.25, 0.3) is 0 Å². The minimum atomic E-state index is -0.574. The SMILES string of the molecule is CC1c2cnc(-c3ncccn3)nc2CCN1c1cc(OCCCCCCCC(N)=O)cc(F)n1. The maximum Gasteiger partial charge on any atom is 0.218 e. The molecule has 0 fully saturated rings. The molecule has 0 bridgehead atoms. The van der Waals surface area contributed by atoms with Crippen molar-refractivity contribution in [3.8, 4) is 17.4 Å². The van der Waals surface area contributed by atoms with Crippen molar-refractivity contribution in [3.05, 3.63) is 54.0 Å². The molecular weight excluding hydrogens is 449 g/mol. The van der Waals surface area contributed by atoms with Crippen molar-refractivity contribution in [3.63, 3.8) is 0 Å². The minimum Gasteiger partial charge on any atom is -0.493 e. The van der Waals surface area contributed by atoms with Gasteiger partial charge in [0.2, 0.25) is 11.9 Å². The topological polar surface area (TPSA) is 120 Å². The van der Waals surface area contributed by atoms with E-state index in [9.17, 15) is 9.18 Å². The highest BCUT2D eigenvalue weighted by Gasteiger charge is 2.27. The standard InChI is InChI=1S/C25H30FN7O2/c1-17-19-16-30-25(24-28-10-7-11-29-24)31-20(19)9-12-33(17)23-15-18(14-21(26)32-23)35-13-6-4-2-3-5-8-22(27)34/h7,10-11,14-17H,2-6,8-9,12-13H2,1H3,(H2,27,34). The Hall–Kier alpha value is -3.69. The van der Waals surface area contributed by atoms with E-state index >= 15 is 0 Å². The number of nitrogens with zero attached hydrogens (tertiary/aromatic N) is 6. The van der Waals surface area contributed by atoms with Gasteiger partial charge in [-0.2, -0.15) is 4.39 Å². The molecule has 0 aromatic carbocycles. The minimum absolute atomic E-state index is 0.0768. The largest absolute Gasteiger partial charge is 0.493 e. The van der Waals surface area contributed by atoms with Crippen LogP contribution in [-0.2, 0) is 11.2 Å². The van der Waals surface area contributed by atoms with E-state index in [2.05, 4.69) is 24.9 Å². The van der Waals surface area contributed by atoms with Crippen LogP contribution in [0, 0.1) is 5.95 Å². The highest BCUT2D eigenvalue weighted by atomic mass is 19.1. The van der Waals surface area contributed by atoms with E-state index in [0.29, 0.717) is 49.2 Å². The Morgan fingerprint density at radius 2 is 1.86 bits per heavy atom. The van der Waals surface area contributed by atoms with Crippen molar-refractivity contribution >= 4 is 11.7 Å². The van der Waals surface area contributed by atoms with Crippen LogP contribution in [0.25, 0.3) is 11.6 Å². The number of primary amides is 1. The van der Waals surface area contributed by atoms with Gasteiger partial charge in [-0.3, -0.25) is 4.79 Å². The first kappa shape index (κ1) is 24.4. The fourth-order valence-electron chi connectivity index (χ4n) is 4.21. The number of carbonyl (C=O) groups excluding carboxylic acids is 1. The summed E-state index contributed by atoms with van der Waals surface area (Å²) in [5, 5.41) is 0. The third-order valence-electron chi connectivity index (χ3n) is 6.06. The van der Waals surface area contributed by atoms with E-state index in [1.807, 2.05) is 11.8 Å². The van der Waals surface area contributed by atoms with Crippen LogP contribution in [0.4, 0.5) is 10.2 Å². The molecule has 2 N–H and O–H groups in total. The van der Waals surface area contributed by atoms with E-state index in [-0.39, 0.29) is 11.9 Å². The molecule has 1 atom stereocenters. The quantitative estimate of drug-likeness (QED) is 0.326. The predicted molar refractivity (Wildman–Crippen MR) is 129 cm³/mol. The van der Waals surface area contributed by atoms with Gasteiger partial charge in [-0.05, 0) is 25.8 Å². The van der Waals surface area contributed by atoms with Gasteiger partial charge < -0.3 is 15.4 Å². The van der Waals surface area contributed by atoms with Gasteiger partial charge in [-0.25, -0.2) is 24.9 Å². The molecule has 0 saturated carbocycles. The molecule has 4 rings (SSSR count). The molecule has 0 radical (unpaired) electrons. The number of pyridine rings is 1. The van der Waals surface area contributed by atoms with Crippen LogP contribution < -0.4 is 15.4 Å². The molecule has 4 heterocycles. The number of anilines is 1. The average Bonchev–Trinajstić information content (AvgIpc) is 2.85. The normalized spacial score (nSPS) is 15.0. The van der Waals surface area contributed by atoms with Crippen molar-refractivity contribution in [1.82, 2.24) is 24.9 Å². The van der Waals surface area contributed by atoms with Gasteiger partial charge in [0.15, 0.2) is 11.6 Å². The zero-order valence-electron chi connectivity index (χ0n) is 19.9. The fourth-order valence-corrected chi connectivity index (χ4v) is 4.21. The summed E-state index contributed by atoms with van der Waals surface area (Å²) >= 11 is 0. The van der Waals surface area contributed by atoms with Crippen LogP contribution in [0.15, 0.2) is 36.8 Å². The number of rotatable bonds is 11. The lowest BCUT2D eigenvalue weighted by atomic mass is 9.99. The van der Waals surface area contributed by atoms with Crippen LogP contribution in [0.3, 0.4) is 0 Å². The van der Waals surface area contributed by atoms with Gasteiger partial charge in [-0.15, -0.1) is 0 Å². The first-order chi connectivity index (χ1) is 17.0. The van der Waals surface area contributed by atoms with Gasteiger partial charge in [0.1, 0.15) is 11.6 Å². The van der Waals surface area contributed by atoms with E-state index in [1.165, 1.54) is 6.07 Å². The third kappa shape index (κ3) is 6.46. The summed E-state index contributed by atoms with van der Waals surface area (Å²) in [6, 6.07) is 4.77. The molecule has 1 aliphatic heterocycles. The maximum atomic E-state index is 14.3. The molecule has 9 nitrogen and oxygen atoms in total. The first-order valence-corrected chi connectivity index (χ1v) is 12.0. The summed E-state index contributed by atoms with van der Waals surface area (Å²) in [6.45, 7) is 3.17. The summed E-state index contributed by atoms with van der Waals surface area (Å²) in [5.74, 6) is 1.15. The van der Waals surface area contributed by atoms with Gasteiger partial charge >= 0.3 is 0 Å². The molecule has 1 amide bonds. The number of hydrogen-bond donors (Lipinski definition) is 1. The van der Waals surface area contributed by atoms with E-state index in [0.717, 1.165) is 43.4 Å². The Bertz CT molecular complexity index is 1150. The molecular formula is C25H30FN7O2. The molecule has 3 aromatic rings. The second kappa shape index (κ2) is 11.6. The molecule has 0 spiro atoms. The molecule has 3 aromatic heterocycles. The zero-order valence-corrected chi connectivity index (χ0v) is 19.9. The fraction of sp³-hybridized carbons (Fsp3) is 0.440. The summed E-state index contributed by atoms with van der Waals surface area (Å²) in [6.07, 6.45) is 10.9. The number of nitrogens with two attached hydrogens (primary N) is 1. The number of amides is 1. The van der Waals surface area contributed by atoms with Crippen molar-refractivity contribution in [2.45, 2.75) is 57.9 Å². The van der Waals surface area contributed by atoms with E-state index in [4.69, 9.17) is 10.5 Å². The lowest BCUT2D eigenvalue weighted by molar-refractivity contribution is -0.118. The van der Waals surface area contributed by atoms with E-state index in [1.54, 1.807) is 30.7 Å². The Labute approximate surface area is 204 Å². The van der Waals surface area contributed by atoms with Gasteiger partial charge in [0, 0.05) is 55.7 Å². The summed E-state index contributed by atoms with van der Waals surface area (Å²) in [7, 11) is 0. The van der Waals surface area contributed by atoms with Crippen LogP contribution in [-0.4, -0.2) is 44.0 Å². The number of carbonyl (C=O) groups is 1. The number of halogens is 1. The number of ether oxygens (including phenoxy) is 1. The summed E-state index contributed by atoms with van der Waals surface area (Å²) in [5.41, 5.74) is 7.06. The van der Waals surface area contributed by atoms with Crippen LogP contribution in [0.2, 0.25) is 0 Å². The van der Waals surface area contributed by atoms with Crippen molar-refractivity contribution in [2.24, 2.45) is 5.73 Å². The number of fused-ring (bicyclic) bond motifs is 1. The Kier molecular flexibility index (Phi) is 8.12. The number of unbranched alkanes of at least 4 members (excludes halogenated alkanes) is 4. The third-order valence-corrected chi connectivity index (χ3v) is 6.06. The van der Waals surface area contributed by atoms with Crippen LogP contribution in [0.1, 0.15) is 62.7 Å². The summed E-state index contributed by atoms with van der Waals surface area (Å²) < 4.78 is 20.1. The van der Waals surface area contributed by atoms with Crippen molar-refractivity contribution in [1.29, 1.82) is 0 Å². The molecule has 10 heteroatoms. The monoisotopic (exact) mass is 479 g/mol. The van der Waals surface area contributed by atoms with E-state index < -0.39 is 5.95 Å². The van der Waals surface area contributed by atoms with Crippen molar-refractivity contribution in [2.75, 3.05) is 18.1 Å². The summed E-state index contributed by atoms with van der Waals surface area (Å²) in [4.78, 5) is 34.5. The van der Waals surface area contributed by atoms with Gasteiger partial charge in [-0.1, -0.05) is 19.3 Å². The molecule has 0 aliphatic carbocycles. The Morgan fingerprint density at radius 1 is 1.09 bits per heavy atom. The van der Waals surface area contributed by atoms with Crippen molar-refractivity contribution < 1.29 is 13.9 Å². The second-order valence-electron chi connectivity index (χ2n) is 8.60. The molecule has 0 saturated heterocycles. The average molecular weight is 480 g/mol. The van der Waals surface area contributed by atoms with Crippen LogP contribution >= 0.6 is 0 Å². The maximum absolute atomic E-state index is 14.3. The number of hydrogen-bond acceptors (Lipinski definition) is 8. The second-order valence-corrected chi connectivity index (χ2v) is 8.60. The molecule has 184 valence electrons. The molecule has 1 aliphatic rings. The smallest absolute Gasteiger partial charge is 0.218 e. The highest BCUT2D eigenvalue weighted by molar-refractivity contribution is 5.73. The Morgan fingerprint density at radius 3 is 2.66 bits per heavy atom. The molecule has 1 unspecified atom stereocenters. The Balaban J connectivity index is 1.36. The lowest BCUT2D eigenvalue weighted by Crippen LogP contribution is -2.35.